The number of carbonyl (C=O) groups is 2. The van der Waals surface area contributed by atoms with Crippen molar-refractivity contribution in [1.29, 1.82) is 0 Å². The molecule has 2 heterocycles. The van der Waals surface area contributed by atoms with Gasteiger partial charge in [-0.2, -0.15) is 10.2 Å². The van der Waals surface area contributed by atoms with Crippen LogP contribution in [0.5, 0.6) is 0 Å². The maximum absolute atomic E-state index is 12.0. The molecule has 0 bridgehead atoms. The van der Waals surface area contributed by atoms with Crippen molar-refractivity contribution in [3.63, 3.8) is 0 Å². The van der Waals surface area contributed by atoms with Crippen LogP contribution in [0.3, 0.4) is 0 Å². The molecule has 2 amide bonds. The first-order valence-electron chi connectivity index (χ1n) is 6.78. The average molecular weight is 333 g/mol. The maximum Gasteiger partial charge on any atom is 0.269 e. The first-order chi connectivity index (χ1) is 11.0. The Kier molecular flexibility index (Phi) is 3.98. The van der Waals surface area contributed by atoms with Crippen molar-refractivity contribution in [3.8, 4) is 0 Å². The second-order valence-corrected chi connectivity index (χ2v) is 5.35. The number of aryl methyl sites for hydroxylation is 1. The Morgan fingerprint density at radius 1 is 1.39 bits per heavy atom. The SMILES string of the molecule is NC(=O)c1n[nH]c2ccc(NC(=O)CCn3cc(Cl)cn3)cc12. The van der Waals surface area contributed by atoms with Crippen LogP contribution in [-0.4, -0.2) is 31.8 Å². The normalized spacial score (nSPS) is 10.8. The van der Waals surface area contributed by atoms with Crippen LogP contribution in [0.25, 0.3) is 10.9 Å². The number of aromatic nitrogens is 4. The number of hydrogen-bond acceptors (Lipinski definition) is 4. The fraction of sp³-hybridized carbons (Fsp3) is 0.143. The molecule has 4 N–H and O–H groups in total. The summed E-state index contributed by atoms with van der Waals surface area (Å²) >= 11 is 5.76. The molecular formula is C14H13ClN6O2. The number of nitrogens with zero attached hydrogens (tertiary/aromatic N) is 3. The molecule has 0 radical (unpaired) electrons. The van der Waals surface area contributed by atoms with E-state index >= 15 is 0 Å². The van der Waals surface area contributed by atoms with E-state index in [2.05, 4.69) is 20.6 Å². The average Bonchev–Trinajstić information content (AvgIpc) is 3.11. The quantitative estimate of drug-likeness (QED) is 0.656. The number of anilines is 1. The minimum absolute atomic E-state index is 0.141. The summed E-state index contributed by atoms with van der Waals surface area (Å²) in [7, 11) is 0. The van der Waals surface area contributed by atoms with E-state index in [1.165, 1.54) is 6.20 Å². The van der Waals surface area contributed by atoms with Gasteiger partial charge in [0.25, 0.3) is 5.91 Å². The van der Waals surface area contributed by atoms with Crippen LogP contribution in [0.2, 0.25) is 5.02 Å². The molecule has 0 saturated carbocycles. The molecule has 118 valence electrons. The molecule has 0 aliphatic carbocycles. The molecule has 9 heteroatoms. The number of nitrogens with one attached hydrogen (secondary N) is 2. The molecule has 0 unspecified atom stereocenters. The number of fused-ring (bicyclic) bond motifs is 1. The predicted octanol–water partition coefficient (Wildman–Crippen LogP) is 1.54. The lowest BCUT2D eigenvalue weighted by molar-refractivity contribution is -0.116. The van der Waals surface area contributed by atoms with Crippen molar-refractivity contribution in [2.24, 2.45) is 5.73 Å². The number of primary amides is 1. The minimum atomic E-state index is -0.629. The first kappa shape index (κ1) is 15.0. The van der Waals surface area contributed by atoms with E-state index in [-0.39, 0.29) is 18.0 Å². The third-order valence-corrected chi connectivity index (χ3v) is 3.44. The number of aromatic amines is 1. The Hall–Kier alpha value is -2.87. The zero-order chi connectivity index (χ0) is 16.4. The van der Waals surface area contributed by atoms with Gasteiger partial charge in [-0.25, -0.2) is 0 Å². The highest BCUT2D eigenvalue weighted by Gasteiger charge is 2.12. The number of H-pyrrole nitrogens is 1. The monoisotopic (exact) mass is 332 g/mol. The van der Waals surface area contributed by atoms with Crippen molar-refractivity contribution in [1.82, 2.24) is 20.0 Å². The summed E-state index contributed by atoms with van der Waals surface area (Å²) in [5, 5.41) is 14.4. The van der Waals surface area contributed by atoms with Crippen LogP contribution >= 0.6 is 11.6 Å². The second-order valence-electron chi connectivity index (χ2n) is 4.92. The third kappa shape index (κ3) is 3.32. The lowest BCUT2D eigenvalue weighted by Gasteiger charge is -2.06. The number of nitrogens with two attached hydrogens (primary N) is 1. The summed E-state index contributed by atoms with van der Waals surface area (Å²) in [5.41, 5.74) is 6.63. The molecule has 0 spiro atoms. The van der Waals surface area contributed by atoms with Gasteiger partial charge in [-0.15, -0.1) is 0 Å². The molecule has 2 aromatic heterocycles. The summed E-state index contributed by atoms with van der Waals surface area (Å²) in [5.74, 6) is -0.810. The highest BCUT2D eigenvalue weighted by atomic mass is 35.5. The Morgan fingerprint density at radius 3 is 2.91 bits per heavy atom. The van der Waals surface area contributed by atoms with Crippen molar-refractivity contribution < 1.29 is 9.59 Å². The lowest BCUT2D eigenvalue weighted by atomic mass is 10.2. The smallest absolute Gasteiger partial charge is 0.269 e. The van der Waals surface area contributed by atoms with E-state index in [1.54, 1.807) is 29.1 Å². The maximum atomic E-state index is 12.0. The van der Waals surface area contributed by atoms with Crippen LogP contribution < -0.4 is 11.1 Å². The number of carbonyl (C=O) groups excluding carboxylic acids is 2. The van der Waals surface area contributed by atoms with Gasteiger partial charge >= 0.3 is 0 Å². The molecule has 0 fully saturated rings. The van der Waals surface area contributed by atoms with Crippen LogP contribution in [0.4, 0.5) is 5.69 Å². The van der Waals surface area contributed by atoms with E-state index < -0.39 is 5.91 Å². The van der Waals surface area contributed by atoms with Crippen LogP contribution in [0, 0.1) is 0 Å². The summed E-state index contributed by atoms with van der Waals surface area (Å²) in [6.45, 7) is 0.416. The Bertz CT molecular complexity index is 884. The number of hydrogen-bond donors (Lipinski definition) is 3. The molecule has 0 aliphatic rings. The van der Waals surface area contributed by atoms with Gasteiger partial charge in [0.2, 0.25) is 5.91 Å². The summed E-state index contributed by atoms with van der Waals surface area (Å²) in [6, 6.07) is 5.09. The fourth-order valence-electron chi connectivity index (χ4n) is 2.18. The topological polar surface area (TPSA) is 119 Å². The molecule has 1 aromatic carbocycles. The molecule has 0 atom stereocenters. The molecule has 8 nitrogen and oxygen atoms in total. The fourth-order valence-corrected chi connectivity index (χ4v) is 2.34. The largest absolute Gasteiger partial charge is 0.364 e. The number of rotatable bonds is 5. The Balaban J connectivity index is 1.69. The van der Waals surface area contributed by atoms with Gasteiger partial charge in [0, 0.05) is 30.2 Å². The van der Waals surface area contributed by atoms with Gasteiger partial charge < -0.3 is 11.1 Å². The van der Waals surface area contributed by atoms with Gasteiger partial charge in [0.05, 0.1) is 16.7 Å². The lowest BCUT2D eigenvalue weighted by Crippen LogP contribution is -2.15. The van der Waals surface area contributed by atoms with Crippen molar-refractivity contribution in [2.45, 2.75) is 13.0 Å². The molecule has 0 aliphatic heterocycles. The van der Waals surface area contributed by atoms with Crippen molar-refractivity contribution in [2.75, 3.05) is 5.32 Å². The third-order valence-electron chi connectivity index (χ3n) is 3.25. The van der Waals surface area contributed by atoms with Crippen molar-refractivity contribution in [3.05, 3.63) is 41.3 Å². The summed E-state index contributed by atoms with van der Waals surface area (Å²) < 4.78 is 1.59. The molecule has 3 rings (SSSR count). The van der Waals surface area contributed by atoms with Crippen molar-refractivity contribution >= 4 is 40.0 Å². The molecular weight excluding hydrogens is 320 g/mol. The van der Waals surface area contributed by atoms with Gasteiger partial charge in [-0.1, -0.05) is 11.6 Å². The van der Waals surface area contributed by atoms with Crippen LogP contribution in [0.15, 0.2) is 30.6 Å². The van der Waals surface area contributed by atoms with E-state index in [1.807, 2.05) is 0 Å². The highest BCUT2D eigenvalue weighted by molar-refractivity contribution is 6.30. The van der Waals surface area contributed by atoms with Gasteiger partial charge in [0.1, 0.15) is 0 Å². The van der Waals surface area contributed by atoms with E-state index in [9.17, 15) is 9.59 Å². The Labute approximate surface area is 135 Å². The predicted molar refractivity (Wildman–Crippen MR) is 85.1 cm³/mol. The Morgan fingerprint density at radius 2 is 2.22 bits per heavy atom. The van der Waals surface area contributed by atoms with E-state index in [0.717, 1.165) is 0 Å². The number of amides is 2. The second kappa shape index (κ2) is 6.09. The number of halogens is 1. The van der Waals surface area contributed by atoms with E-state index in [0.29, 0.717) is 28.2 Å². The number of benzene rings is 1. The van der Waals surface area contributed by atoms with Crippen LogP contribution in [-0.2, 0) is 11.3 Å². The van der Waals surface area contributed by atoms with Gasteiger partial charge in [0.15, 0.2) is 5.69 Å². The first-order valence-corrected chi connectivity index (χ1v) is 7.16. The standard InChI is InChI=1S/C14H13ClN6O2/c15-8-6-17-21(7-8)4-3-12(22)18-9-1-2-11-10(5-9)13(14(16)23)20-19-11/h1-2,5-7H,3-4H2,(H2,16,23)(H,18,22)(H,19,20). The summed E-state index contributed by atoms with van der Waals surface area (Å²) in [6.07, 6.45) is 3.40. The zero-order valence-electron chi connectivity index (χ0n) is 11.9. The molecule has 3 aromatic rings. The molecule has 23 heavy (non-hydrogen) atoms. The highest BCUT2D eigenvalue weighted by Crippen LogP contribution is 2.20. The van der Waals surface area contributed by atoms with Gasteiger partial charge in [-0.3, -0.25) is 19.4 Å². The van der Waals surface area contributed by atoms with Gasteiger partial charge in [-0.05, 0) is 18.2 Å². The zero-order valence-corrected chi connectivity index (χ0v) is 12.7. The minimum Gasteiger partial charge on any atom is -0.364 e. The van der Waals surface area contributed by atoms with Crippen LogP contribution in [0.1, 0.15) is 16.9 Å². The van der Waals surface area contributed by atoms with E-state index in [4.69, 9.17) is 17.3 Å². The molecule has 0 saturated heterocycles. The summed E-state index contributed by atoms with van der Waals surface area (Å²) in [4.78, 5) is 23.3.